The Morgan fingerprint density at radius 1 is 1.10 bits per heavy atom. The van der Waals surface area contributed by atoms with Crippen LogP contribution in [0.25, 0.3) is 10.9 Å². The summed E-state index contributed by atoms with van der Waals surface area (Å²) in [6, 6.07) is 15.9. The van der Waals surface area contributed by atoms with E-state index in [0.29, 0.717) is 5.56 Å². The Bertz CT molecular complexity index is 849. The standard InChI is InChI=1S/C18H17N3/c1-12-13(2)21(18-8-7-16(20)9-17(12)18)11-15-5-3-14(10-19)4-6-15/h3-9H,11,20H2,1-2H3. The number of benzene rings is 2. The van der Waals surface area contributed by atoms with E-state index in [9.17, 15) is 0 Å². The maximum Gasteiger partial charge on any atom is 0.0991 e. The predicted octanol–water partition coefficient (Wildman–Crippen LogP) is 3.76. The summed E-state index contributed by atoms with van der Waals surface area (Å²) in [6.45, 7) is 5.06. The fraction of sp³-hybridized carbons (Fsp3) is 0.167. The van der Waals surface area contributed by atoms with Crippen LogP contribution in [-0.4, -0.2) is 4.57 Å². The summed E-state index contributed by atoms with van der Waals surface area (Å²) in [6.07, 6.45) is 0. The van der Waals surface area contributed by atoms with E-state index in [1.807, 2.05) is 36.4 Å². The molecule has 1 aromatic heterocycles. The van der Waals surface area contributed by atoms with E-state index in [4.69, 9.17) is 11.0 Å². The molecule has 2 aromatic carbocycles. The van der Waals surface area contributed by atoms with Crippen LogP contribution in [0.3, 0.4) is 0 Å². The van der Waals surface area contributed by atoms with E-state index >= 15 is 0 Å². The molecule has 0 saturated carbocycles. The highest BCUT2D eigenvalue weighted by molar-refractivity contribution is 5.88. The number of fused-ring (bicyclic) bond motifs is 1. The molecule has 0 aliphatic rings. The summed E-state index contributed by atoms with van der Waals surface area (Å²) in [7, 11) is 0. The predicted molar refractivity (Wildman–Crippen MR) is 86.1 cm³/mol. The number of aryl methyl sites for hydroxylation is 1. The molecule has 0 spiro atoms. The number of rotatable bonds is 2. The van der Waals surface area contributed by atoms with Gasteiger partial charge in [-0.25, -0.2) is 0 Å². The second-order valence-corrected chi connectivity index (χ2v) is 5.38. The Morgan fingerprint density at radius 2 is 1.81 bits per heavy atom. The normalized spacial score (nSPS) is 10.7. The second-order valence-electron chi connectivity index (χ2n) is 5.38. The van der Waals surface area contributed by atoms with Crippen molar-refractivity contribution in [1.82, 2.24) is 4.57 Å². The van der Waals surface area contributed by atoms with Gasteiger partial charge in [0.25, 0.3) is 0 Å². The van der Waals surface area contributed by atoms with Crippen LogP contribution < -0.4 is 5.73 Å². The van der Waals surface area contributed by atoms with Gasteiger partial charge in [-0.2, -0.15) is 5.26 Å². The van der Waals surface area contributed by atoms with E-state index in [2.05, 4.69) is 30.6 Å². The SMILES string of the molecule is Cc1c(C)n(Cc2ccc(C#N)cc2)c2ccc(N)cc12. The quantitative estimate of drug-likeness (QED) is 0.724. The second kappa shape index (κ2) is 4.99. The Morgan fingerprint density at radius 3 is 2.48 bits per heavy atom. The molecule has 0 bridgehead atoms. The van der Waals surface area contributed by atoms with E-state index < -0.39 is 0 Å². The average molecular weight is 275 g/mol. The monoisotopic (exact) mass is 275 g/mol. The number of hydrogen-bond acceptors (Lipinski definition) is 2. The number of nitrogens with two attached hydrogens (primary N) is 1. The van der Waals surface area contributed by atoms with E-state index in [0.717, 1.165) is 12.2 Å². The number of anilines is 1. The van der Waals surface area contributed by atoms with Gasteiger partial charge in [-0.3, -0.25) is 0 Å². The molecule has 0 saturated heterocycles. The number of aromatic nitrogens is 1. The first-order valence-electron chi connectivity index (χ1n) is 6.94. The fourth-order valence-electron chi connectivity index (χ4n) is 2.74. The van der Waals surface area contributed by atoms with Crippen LogP contribution in [0.15, 0.2) is 42.5 Å². The van der Waals surface area contributed by atoms with Gasteiger partial charge in [-0.1, -0.05) is 12.1 Å². The molecule has 0 unspecified atom stereocenters. The molecule has 0 radical (unpaired) electrons. The number of nitrogens with zero attached hydrogens (tertiary/aromatic N) is 2. The molecule has 0 aliphatic carbocycles. The Balaban J connectivity index is 2.08. The van der Waals surface area contributed by atoms with Crippen LogP contribution >= 0.6 is 0 Å². The van der Waals surface area contributed by atoms with E-state index in [1.165, 1.54) is 27.7 Å². The van der Waals surface area contributed by atoms with Crippen LogP contribution in [-0.2, 0) is 6.54 Å². The zero-order chi connectivity index (χ0) is 15.0. The van der Waals surface area contributed by atoms with Gasteiger partial charge in [0.05, 0.1) is 11.6 Å². The molecule has 104 valence electrons. The van der Waals surface area contributed by atoms with Crippen molar-refractivity contribution in [2.75, 3.05) is 5.73 Å². The van der Waals surface area contributed by atoms with E-state index in [1.54, 1.807) is 0 Å². The summed E-state index contributed by atoms with van der Waals surface area (Å²) in [5, 5.41) is 10.1. The number of hydrogen-bond donors (Lipinski definition) is 1. The number of nitrogen functional groups attached to an aromatic ring is 1. The zero-order valence-corrected chi connectivity index (χ0v) is 12.2. The lowest BCUT2D eigenvalue weighted by Gasteiger charge is -2.09. The van der Waals surface area contributed by atoms with Gasteiger partial charge in [0.15, 0.2) is 0 Å². The van der Waals surface area contributed by atoms with Crippen molar-refractivity contribution in [3.8, 4) is 6.07 Å². The van der Waals surface area contributed by atoms with Crippen molar-refractivity contribution in [3.05, 3.63) is 64.8 Å². The van der Waals surface area contributed by atoms with Crippen molar-refractivity contribution >= 4 is 16.6 Å². The molecule has 3 heteroatoms. The van der Waals surface area contributed by atoms with Crippen LogP contribution in [0.5, 0.6) is 0 Å². The minimum atomic E-state index is 0.691. The lowest BCUT2D eigenvalue weighted by Crippen LogP contribution is -2.02. The van der Waals surface area contributed by atoms with Gasteiger partial charge >= 0.3 is 0 Å². The van der Waals surface area contributed by atoms with Crippen molar-refractivity contribution in [2.24, 2.45) is 0 Å². The minimum absolute atomic E-state index is 0.691. The molecular formula is C18H17N3. The van der Waals surface area contributed by atoms with Gasteiger partial charge in [-0.05, 0) is 55.3 Å². The van der Waals surface area contributed by atoms with Gasteiger partial charge in [-0.15, -0.1) is 0 Å². The molecule has 3 nitrogen and oxygen atoms in total. The van der Waals surface area contributed by atoms with Crippen LogP contribution in [0.4, 0.5) is 5.69 Å². The first-order valence-corrected chi connectivity index (χ1v) is 6.94. The fourth-order valence-corrected chi connectivity index (χ4v) is 2.74. The maximum absolute atomic E-state index is 8.87. The van der Waals surface area contributed by atoms with Gasteiger partial charge in [0.2, 0.25) is 0 Å². The van der Waals surface area contributed by atoms with Gasteiger partial charge in [0.1, 0.15) is 0 Å². The Kier molecular flexibility index (Phi) is 3.15. The average Bonchev–Trinajstić information content (AvgIpc) is 2.73. The summed E-state index contributed by atoms with van der Waals surface area (Å²) < 4.78 is 2.30. The molecule has 3 rings (SSSR count). The molecular weight excluding hydrogens is 258 g/mol. The molecule has 0 atom stereocenters. The Labute approximate surface area is 124 Å². The lowest BCUT2D eigenvalue weighted by atomic mass is 10.1. The third kappa shape index (κ3) is 2.25. The van der Waals surface area contributed by atoms with Crippen LogP contribution in [0.1, 0.15) is 22.4 Å². The highest BCUT2D eigenvalue weighted by Gasteiger charge is 2.11. The summed E-state index contributed by atoms with van der Waals surface area (Å²) in [5.41, 5.74) is 12.3. The first kappa shape index (κ1) is 13.3. The van der Waals surface area contributed by atoms with Crippen molar-refractivity contribution in [1.29, 1.82) is 5.26 Å². The zero-order valence-electron chi connectivity index (χ0n) is 12.2. The smallest absolute Gasteiger partial charge is 0.0991 e. The maximum atomic E-state index is 8.87. The topological polar surface area (TPSA) is 54.7 Å². The summed E-state index contributed by atoms with van der Waals surface area (Å²) in [5.74, 6) is 0. The highest BCUT2D eigenvalue weighted by atomic mass is 15.0. The molecule has 3 aromatic rings. The minimum Gasteiger partial charge on any atom is -0.399 e. The van der Waals surface area contributed by atoms with Crippen LogP contribution in [0.2, 0.25) is 0 Å². The summed E-state index contributed by atoms with van der Waals surface area (Å²) in [4.78, 5) is 0. The van der Waals surface area contributed by atoms with Crippen LogP contribution in [0, 0.1) is 25.2 Å². The highest BCUT2D eigenvalue weighted by Crippen LogP contribution is 2.27. The van der Waals surface area contributed by atoms with E-state index in [-0.39, 0.29) is 0 Å². The third-order valence-corrected chi connectivity index (χ3v) is 4.09. The molecule has 1 heterocycles. The largest absolute Gasteiger partial charge is 0.399 e. The molecule has 21 heavy (non-hydrogen) atoms. The molecule has 0 amide bonds. The first-order chi connectivity index (χ1) is 10.1. The third-order valence-electron chi connectivity index (χ3n) is 4.09. The number of nitriles is 1. The summed E-state index contributed by atoms with van der Waals surface area (Å²) >= 11 is 0. The van der Waals surface area contributed by atoms with Gasteiger partial charge in [0, 0.05) is 28.8 Å². The molecule has 0 fully saturated rings. The lowest BCUT2D eigenvalue weighted by molar-refractivity contribution is 0.801. The Hall–Kier alpha value is -2.73. The van der Waals surface area contributed by atoms with Gasteiger partial charge < -0.3 is 10.3 Å². The molecule has 2 N–H and O–H groups in total. The van der Waals surface area contributed by atoms with Crippen molar-refractivity contribution < 1.29 is 0 Å². The molecule has 0 aliphatic heterocycles. The van der Waals surface area contributed by atoms with Crippen molar-refractivity contribution in [2.45, 2.75) is 20.4 Å². The van der Waals surface area contributed by atoms with Crippen molar-refractivity contribution in [3.63, 3.8) is 0 Å².